The van der Waals surface area contributed by atoms with Gasteiger partial charge in [-0.05, 0) is 21.9 Å². The molecular formula is C18H21O3Si. The standard InChI is InChI=1S/C15H12.C3H9O3Si/c1-2-11-9-10-13-6-3-5-12-7-4-8-14(11)15(12)13;1-4-7(5-2)6-3/h2-11H,1H2;1-3H3. The molecule has 22 heavy (non-hydrogen) atoms. The smallest absolute Gasteiger partial charge is 0.375 e. The van der Waals surface area contributed by atoms with Crippen molar-refractivity contribution >= 4 is 26.4 Å². The first-order valence-electron chi connectivity index (χ1n) is 7.06. The molecule has 0 saturated heterocycles. The summed E-state index contributed by atoms with van der Waals surface area (Å²) in [5, 5.41) is 2.70. The van der Waals surface area contributed by atoms with Crippen LogP contribution in [0.3, 0.4) is 0 Å². The first-order chi connectivity index (χ1) is 10.7. The summed E-state index contributed by atoms with van der Waals surface area (Å²) in [5.74, 6) is 0.364. The summed E-state index contributed by atoms with van der Waals surface area (Å²) in [4.78, 5) is 0. The Morgan fingerprint density at radius 1 is 1.00 bits per heavy atom. The Morgan fingerprint density at radius 3 is 2.18 bits per heavy atom. The van der Waals surface area contributed by atoms with E-state index in [0.717, 1.165) is 0 Å². The van der Waals surface area contributed by atoms with Gasteiger partial charge in [0.15, 0.2) is 0 Å². The van der Waals surface area contributed by atoms with E-state index in [1.54, 1.807) is 21.3 Å². The van der Waals surface area contributed by atoms with Crippen LogP contribution in [0, 0.1) is 0 Å². The van der Waals surface area contributed by atoms with Gasteiger partial charge in [0.1, 0.15) is 0 Å². The van der Waals surface area contributed by atoms with Gasteiger partial charge in [0.25, 0.3) is 0 Å². The van der Waals surface area contributed by atoms with Gasteiger partial charge in [0, 0.05) is 27.2 Å². The number of hydrogen-bond donors (Lipinski definition) is 0. The van der Waals surface area contributed by atoms with Crippen LogP contribution in [0.1, 0.15) is 17.0 Å². The first kappa shape index (κ1) is 16.6. The van der Waals surface area contributed by atoms with Crippen LogP contribution in [-0.4, -0.2) is 30.9 Å². The third-order valence-corrected chi connectivity index (χ3v) is 4.57. The van der Waals surface area contributed by atoms with Crippen LogP contribution in [0.2, 0.25) is 0 Å². The molecule has 2 aromatic carbocycles. The van der Waals surface area contributed by atoms with Crippen LogP contribution in [-0.2, 0) is 13.3 Å². The Labute approximate surface area is 133 Å². The fourth-order valence-corrected chi connectivity index (χ4v) is 3.08. The van der Waals surface area contributed by atoms with Crippen molar-refractivity contribution in [2.24, 2.45) is 0 Å². The molecule has 0 bridgehead atoms. The van der Waals surface area contributed by atoms with Gasteiger partial charge in [-0.2, -0.15) is 0 Å². The Bertz CT molecular complexity index is 652. The molecule has 0 heterocycles. The Morgan fingerprint density at radius 2 is 1.64 bits per heavy atom. The lowest BCUT2D eigenvalue weighted by atomic mass is 9.86. The van der Waals surface area contributed by atoms with Crippen molar-refractivity contribution in [2.75, 3.05) is 21.3 Å². The maximum atomic E-state index is 4.71. The van der Waals surface area contributed by atoms with Gasteiger partial charge in [0.05, 0.1) is 0 Å². The first-order valence-corrected chi connectivity index (χ1v) is 8.29. The Balaban J connectivity index is 0.000000217. The molecule has 1 aliphatic carbocycles. The lowest BCUT2D eigenvalue weighted by Gasteiger charge is -2.18. The van der Waals surface area contributed by atoms with Gasteiger partial charge >= 0.3 is 9.53 Å². The highest BCUT2D eigenvalue weighted by Gasteiger charge is 2.14. The van der Waals surface area contributed by atoms with Crippen molar-refractivity contribution in [1.82, 2.24) is 0 Å². The molecule has 4 heteroatoms. The van der Waals surface area contributed by atoms with Gasteiger partial charge in [-0.1, -0.05) is 54.6 Å². The summed E-state index contributed by atoms with van der Waals surface area (Å²) in [6.07, 6.45) is 6.41. The van der Waals surface area contributed by atoms with Gasteiger partial charge in [0.2, 0.25) is 0 Å². The van der Waals surface area contributed by atoms with E-state index >= 15 is 0 Å². The van der Waals surface area contributed by atoms with Crippen molar-refractivity contribution in [3.8, 4) is 0 Å². The maximum absolute atomic E-state index is 4.71. The van der Waals surface area contributed by atoms with Crippen LogP contribution >= 0.6 is 0 Å². The molecule has 2 aromatic rings. The minimum absolute atomic E-state index is 0.364. The molecule has 1 aliphatic rings. The molecule has 3 nitrogen and oxygen atoms in total. The summed E-state index contributed by atoms with van der Waals surface area (Å²) in [6, 6.07) is 12.9. The minimum Gasteiger partial charge on any atom is -0.375 e. The van der Waals surface area contributed by atoms with Gasteiger partial charge in [-0.3, -0.25) is 0 Å². The quantitative estimate of drug-likeness (QED) is 0.629. The van der Waals surface area contributed by atoms with E-state index < -0.39 is 9.53 Å². The third-order valence-electron chi connectivity index (χ3n) is 3.57. The summed E-state index contributed by atoms with van der Waals surface area (Å²) >= 11 is 0. The fourth-order valence-electron chi connectivity index (χ4n) is 2.58. The zero-order valence-corrected chi connectivity index (χ0v) is 14.2. The number of rotatable bonds is 4. The highest BCUT2D eigenvalue weighted by molar-refractivity contribution is 6.36. The normalized spacial score (nSPS) is 15.5. The van der Waals surface area contributed by atoms with Crippen LogP contribution in [0.15, 0.2) is 55.1 Å². The SMILES string of the molecule is C=CC1C=Cc2cccc3cccc1c23.CO[Si](OC)OC. The average molecular weight is 313 g/mol. The van der Waals surface area contributed by atoms with Crippen LogP contribution in [0.4, 0.5) is 0 Å². The van der Waals surface area contributed by atoms with E-state index in [4.69, 9.17) is 13.3 Å². The number of allylic oxidation sites excluding steroid dienone is 2. The van der Waals surface area contributed by atoms with Gasteiger partial charge in [-0.15, -0.1) is 6.58 Å². The van der Waals surface area contributed by atoms with E-state index in [2.05, 4.69) is 55.1 Å². The maximum Gasteiger partial charge on any atom is 0.576 e. The highest BCUT2D eigenvalue weighted by Crippen LogP contribution is 2.34. The van der Waals surface area contributed by atoms with Crippen LogP contribution < -0.4 is 0 Å². The predicted molar refractivity (Wildman–Crippen MR) is 92.7 cm³/mol. The zero-order valence-electron chi connectivity index (χ0n) is 13.2. The lowest BCUT2D eigenvalue weighted by Crippen LogP contribution is -2.21. The summed E-state index contributed by atoms with van der Waals surface area (Å²) in [7, 11) is 3.31. The zero-order chi connectivity index (χ0) is 15.9. The second kappa shape index (κ2) is 8.05. The highest BCUT2D eigenvalue weighted by atomic mass is 28.3. The van der Waals surface area contributed by atoms with Crippen molar-refractivity contribution in [3.63, 3.8) is 0 Å². The molecule has 1 atom stereocenters. The fraction of sp³-hybridized carbons (Fsp3) is 0.222. The molecule has 0 N–H and O–H groups in total. The molecule has 0 aromatic heterocycles. The second-order valence-electron chi connectivity index (χ2n) is 4.78. The van der Waals surface area contributed by atoms with Gasteiger partial charge < -0.3 is 13.3 Å². The summed E-state index contributed by atoms with van der Waals surface area (Å²) < 4.78 is 14.1. The average Bonchev–Trinajstić information content (AvgIpc) is 2.58. The van der Waals surface area contributed by atoms with Crippen LogP contribution in [0.5, 0.6) is 0 Å². The van der Waals surface area contributed by atoms with Crippen molar-refractivity contribution in [1.29, 1.82) is 0 Å². The summed E-state index contributed by atoms with van der Waals surface area (Å²) in [6.45, 7) is 3.89. The molecule has 115 valence electrons. The third kappa shape index (κ3) is 3.54. The predicted octanol–water partition coefficient (Wildman–Crippen LogP) is 4.05. The largest absolute Gasteiger partial charge is 0.576 e. The molecule has 1 unspecified atom stereocenters. The van der Waals surface area contributed by atoms with E-state index in [1.807, 2.05) is 6.08 Å². The summed E-state index contributed by atoms with van der Waals surface area (Å²) in [5.41, 5.74) is 2.70. The molecule has 0 fully saturated rings. The van der Waals surface area contributed by atoms with Gasteiger partial charge in [-0.25, -0.2) is 0 Å². The molecule has 1 radical (unpaired) electrons. The Hall–Kier alpha value is -1.72. The minimum atomic E-state index is -1.36. The molecule has 0 amide bonds. The molecule has 0 saturated carbocycles. The Kier molecular flexibility index (Phi) is 6.09. The van der Waals surface area contributed by atoms with E-state index in [-0.39, 0.29) is 0 Å². The molecule has 0 aliphatic heterocycles. The molecule has 0 spiro atoms. The number of benzene rings is 2. The lowest BCUT2D eigenvalue weighted by molar-refractivity contribution is 0.163. The second-order valence-corrected chi connectivity index (χ2v) is 6.50. The van der Waals surface area contributed by atoms with E-state index in [0.29, 0.717) is 5.92 Å². The van der Waals surface area contributed by atoms with Crippen molar-refractivity contribution in [3.05, 3.63) is 66.3 Å². The molecular weight excluding hydrogens is 292 g/mol. The molecule has 3 rings (SSSR count). The van der Waals surface area contributed by atoms with Crippen LogP contribution in [0.25, 0.3) is 16.8 Å². The topological polar surface area (TPSA) is 27.7 Å². The van der Waals surface area contributed by atoms with E-state index in [9.17, 15) is 0 Å². The van der Waals surface area contributed by atoms with Crippen molar-refractivity contribution in [2.45, 2.75) is 5.92 Å². The van der Waals surface area contributed by atoms with Crippen molar-refractivity contribution < 1.29 is 13.3 Å². The monoisotopic (exact) mass is 313 g/mol. The van der Waals surface area contributed by atoms with E-state index in [1.165, 1.54) is 21.9 Å². The number of hydrogen-bond acceptors (Lipinski definition) is 3.